The fourth-order valence-electron chi connectivity index (χ4n) is 8.60. The third kappa shape index (κ3) is 5.73. The number of anilines is 3. The van der Waals surface area contributed by atoms with E-state index in [1.54, 1.807) is 0 Å². The lowest BCUT2D eigenvalue weighted by Gasteiger charge is -2.31. The van der Waals surface area contributed by atoms with Gasteiger partial charge in [0.25, 0.3) is 0 Å². The summed E-state index contributed by atoms with van der Waals surface area (Å²) in [4.78, 5) is 2.39. The van der Waals surface area contributed by atoms with Gasteiger partial charge in [0, 0.05) is 22.5 Å². The largest absolute Gasteiger partial charge is 0.310 e. The third-order valence-corrected chi connectivity index (χ3v) is 11.5. The number of rotatable bonds is 7. The van der Waals surface area contributed by atoms with Crippen molar-refractivity contribution in [2.75, 3.05) is 4.90 Å². The van der Waals surface area contributed by atoms with Gasteiger partial charge in [-0.05, 0) is 127 Å². The van der Waals surface area contributed by atoms with Crippen molar-refractivity contribution in [1.29, 1.82) is 0 Å². The Morgan fingerprint density at radius 2 is 0.745 bits per heavy atom. The first-order valence-corrected chi connectivity index (χ1v) is 19.1. The van der Waals surface area contributed by atoms with Gasteiger partial charge in [-0.25, -0.2) is 0 Å². The molecule has 0 saturated heterocycles. The number of nitrogens with zero attached hydrogens (tertiary/aromatic N) is 1. The van der Waals surface area contributed by atoms with Gasteiger partial charge < -0.3 is 4.90 Å². The summed E-state index contributed by atoms with van der Waals surface area (Å²) in [7, 11) is 0. The van der Waals surface area contributed by atoms with Gasteiger partial charge in [-0.3, -0.25) is 0 Å². The van der Waals surface area contributed by atoms with Crippen LogP contribution in [0.15, 0.2) is 218 Å². The van der Waals surface area contributed by atoms with E-state index < -0.39 is 0 Å². The van der Waals surface area contributed by atoms with Gasteiger partial charge in [0.1, 0.15) is 0 Å². The van der Waals surface area contributed by atoms with Gasteiger partial charge in [0.15, 0.2) is 0 Å². The summed E-state index contributed by atoms with van der Waals surface area (Å²) in [5.41, 5.74) is 16.9. The monoisotopic (exact) mass is 701 g/mol. The topological polar surface area (TPSA) is 3.24 Å². The predicted octanol–water partition coefficient (Wildman–Crippen LogP) is 14.6. The van der Waals surface area contributed by atoms with Crippen molar-refractivity contribution < 1.29 is 0 Å². The molecule has 0 heterocycles. The van der Waals surface area contributed by atoms with E-state index in [2.05, 4.69) is 230 Å². The molecule has 0 spiro atoms. The Labute approximate surface area is 323 Å². The summed E-state index contributed by atoms with van der Waals surface area (Å²) in [5, 5.41) is 2.52. The Morgan fingerprint density at radius 3 is 1.42 bits per heavy atom. The molecule has 0 N–H and O–H groups in total. The van der Waals surface area contributed by atoms with Crippen LogP contribution in [0.1, 0.15) is 23.6 Å². The Kier molecular flexibility index (Phi) is 8.00. The molecular formula is C54H39N. The molecule has 260 valence electrons. The van der Waals surface area contributed by atoms with Crippen molar-refractivity contribution >= 4 is 27.8 Å². The van der Waals surface area contributed by atoms with E-state index in [0.29, 0.717) is 0 Å². The Balaban J connectivity index is 1.06. The van der Waals surface area contributed by atoms with Gasteiger partial charge in [-0.2, -0.15) is 0 Å². The maximum Gasteiger partial charge on any atom is 0.0465 e. The van der Waals surface area contributed by atoms with Crippen LogP contribution in [0.5, 0.6) is 0 Å². The van der Waals surface area contributed by atoms with Crippen LogP contribution in [0.2, 0.25) is 0 Å². The lowest BCUT2D eigenvalue weighted by atomic mass is 9.73. The maximum atomic E-state index is 2.44. The Morgan fingerprint density at radius 1 is 0.309 bits per heavy atom. The molecule has 55 heavy (non-hydrogen) atoms. The van der Waals surface area contributed by atoms with Gasteiger partial charge >= 0.3 is 0 Å². The van der Waals surface area contributed by atoms with E-state index in [4.69, 9.17) is 0 Å². The summed E-state index contributed by atoms with van der Waals surface area (Å²) in [6.07, 6.45) is 0. The SMILES string of the molecule is CC1(c2ccccc2)c2cc(-c3ccc4ccccc4c3)ccc2-c2ccc(N(c3ccccc3)c3ccc(-c4ccc(-c5ccccc5)cc4)cc3)cc21. The summed E-state index contributed by atoms with van der Waals surface area (Å²) in [5.74, 6) is 0. The molecule has 0 radical (unpaired) electrons. The average molecular weight is 702 g/mol. The third-order valence-electron chi connectivity index (χ3n) is 11.5. The van der Waals surface area contributed by atoms with Crippen LogP contribution in [0.4, 0.5) is 17.1 Å². The predicted molar refractivity (Wildman–Crippen MR) is 232 cm³/mol. The molecular weight excluding hydrogens is 663 g/mol. The summed E-state index contributed by atoms with van der Waals surface area (Å²) in [6, 6.07) is 79.7. The molecule has 0 amide bonds. The second kappa shape index (κ2) is 13.5. The molecule has 0 aliphatic heterocycles. The van der Waals surface area contributed by atoms with E-state index in [1.165, 1.54) is 72.0 Å². The van der Waals surface area contributed by atoms with E-state index in [9.17, 15) is 0 Å². The van der Waals surface area contributed by atoms with Crippen LogP contribution in [0.3, 0.4) is 0 Å². The first-order chi connectivity index (χ1) is 27.1. The Hall–Kier alpha value is -6.96. The smallest absolute Gasteiger partial charge is 0.0465 e. The zero-order chi connectivity index (χ0) is 36.8. The normalized spacial score (nSPS) is 14.3. The van der Waals surface area contributed by atoms with Crippen molar-refractivity contribution in [2.45, 2.75) is 12.3 Å². The first-order valence-electron chi connectivity index (χ1n) is 19.1. The minimum absolute atomic E-state index is 0.354. The molecule has 1 unspecified atom stereocenters. The summed E-state index contributed by atoms with van der Waals surface area (Å²) < 4.78 is 0. The maximum absolute atomic E-state index is 2.44. The minimum Gasteiger partial charge on any atom is -0.310 e. The standard InChI is InChI=1S/C54H39N/c1-54(46-17-7-3-8-18-46)52-36-45(44-26-25-39-15-11-12-16-43(39)35-44)29-33-50(52)51-34-32-49(37-53(51)54)55(47-19-9-4-10-20-47)48-30-27-42(28-31-48)41-23-21-40(22-24-41)38-13-5-2-6-14-38/h2-37H,1H3. The zero-order valence-electron chi connectivity index (χ0n) is 30.7. The summed E-state index contributed by atoms with van der Waals surface area (Å²) >= 11 is 0. The second-order valence-electron chi connectivity index (χ2n) is 14.7. The van der Waals surface area contributed by atoms with Crippen molar-refractivity contribution in [3.05, 3.63) is 235 Å². The second-order valence-corrected chi connectivity index (χ2v) is 14.7. The quantitative estimate of drug-likeness (QED) is 0.160. The van der Waals surface area contributed by atoms with Crippen molar-refractivity contribution in [2.24, 2.45) is 0 Å². The van der Waals surface area contributed by atoms with Crippen LogP contribution in [-0.4, -0.2) is 0 Å². The molecule has 9 aromatic rings. The van der Waals surface area contributed by atoms with Crippen LogP contribution in [0, 0.1) is 0 Å². The van der Waals surface area contributed by atoms with E-state index in [1.807, 2.05) is 0 Å². The van der Waals surface area contributed by atoms with E-state index >= 15 is 0 Å². The molecule has 1 aliphatic carbocycles. The highest BCUT2D eigenvalue weighted by molar-refractivity contribution is 5.91. The van der Waals surface area contributed by atoms with Crippen molar-refractivity contribution in [3.8, 4) is 44.5 Å². The Bertz CT molecular complexity index is 2790. The molecule has 1 nitrogen and oxygen atoms in total. The highest BCUT2D eigenvalue weighted by atomic mass is 15.1. The minimum atomic E-state index is -0.354. The molecule has 0 fully saturated rings. The number of hydrogen-bond acceptors (Lipinski definition) is 1. The number of hydrogen-bond donors (Lipinski definition) is 0. The molecule has 10 rings (SSSR count). The molecule has 9 aromatic carbocycles. The van der Waals surface area contributed by atoms with Gasteiger partial charge in [-0.1, -0.05) is 170 Å². The zero-order valence-corrected chi connectivity index (χ0v) is 30.7. The van der Waals surface area contributed by atoms with Crippen LogP contribution >= 0.6 is 0 Å². The number of para-hydroxylation sites is 1. The van der Waals surface area contributed by atoms with E-state index in [-0.39, 0.29) is 5.41 Å². The first kappa shape index (κ1) is 32.7. The lowest BCUT2D eigenvalue weighted by molar-refractivity contribution is 0.714. The lowest BCUT2D eigenvalue weighted by Crippen LogP contribution is -2.23. The fourth-order valence-corrected chi connectivity index (χ4v) is 8.60. The molecule has 1 aliphatic rings. The van der Waals surface area contributed by atoms with Crippen LogP contribution < -0.4 is 4.90 Å². The van der Waals surface area contributed by atoms with Gasteiger partial charge in [-0.15, -0.1) is 0 Å². The molecule has 1 heteroatoms. The van der Waals surface area contributed by atoms with Gasteiger partial charge in [0.2, 0.25) is 0 Å². The molecule has 0 aromatic heterocycles. The fraction of sp³-hybridized carbons (Fsp3) is 0.0370. The van der Waals surface area contributed by atoms with Crippen molar-refractivity contribution in [3.63, 3.8) is 0 Å². The van der Waals surface area contributed by atoms with E-state index in [0.717, 1.165) is 17.1 Å². The highest BCUT2D eigenvalue weighted by Crippen LogP contribution is 2.54. The van der Waals surface area contributed by atoms with Crippen LogP contribution in [0.25, 0.3) is 55.3 Å². The average Bonchev–Trinajstić information content (AvgIpc) is 3.52. The van der Waals surface area contributed by atoms with Crippen molar-refractivity contribution in [1.82, 2.24) is 0 Å². The van der Waals surface area contributed by atoms with Gasteiger partial charge in [0.05, 0.1) is 0 Å². The number of fused-ring (bicyclic) bond motifs is 4. The number of benzene rings is 9. The molecule has 0 bridgehead atoms. The van der Waals surface area contributed by atoms with Crippen LogP contribution in [-0.2, 0) is 5.41 Å². The summed E-state index contributed by atoms with van der Waals surface area (Å²) in [6.45, 7) is 2.41. The molecule has 0 saturated carbocycles. The molecule has 1 atom stereocenters. The highest BCUT2D eigenvalue weighted by Gasteiger charge is 2.41.